The van der Waals surface area contributed by atoms with Crippen LogP contribution in [0.1, 0.15) is 24.4 Å². The molecule has 0 bridgehead atoms. The third-order valence-electron chi connectivity index (χ3n) is 7.66. The van der Waals surface area contributed by atoms with Gasteiger partial charge in [0.15, 0.2) is 5.82 Å². The lowest BCUT2D eigenvalue weighted by molar-refractivity contribution is 0.0405. The molecule has 2 aliphatic rings. The molecule has 0 unspecified atom stereocenters. The summed E-state index contributed by atoms with van der Waals surface area (Å²) in [6.07, 6.45) is 11.3. The summed E-state index contributed by atoms with van der Waals surface area (Å²) in [6, 6.07) is 4.83. The second kappa shape index (κ2) is 11.0. The van der Waals surface area contributed by atoms with Crippen molar-refractivity contribution in [2.45, 2.75) is 31.1 Å². The first-order valence-corrected chi connectivity index (χ1v) is 16.7. The molecule has 2 N–H and O–H groups in total. The molecule has 4 heterocycles. The average molecular weight is 581 g/mol. The molecule has 0 amide bonds. The van der Waals surface area contributed by atoms with E-state index in [2.05, 4.69) is 52.5 Å². The predicted octanol–water partition coefficient (Wildman–Crippen LogP) is 4.83. The van der Waals surface area contributed by atoms with E-state index in [9.17, 15) is 4.57 Å². The summed E-state index contributed by atoms with van der Waals surface area (Å²) < 4.78 is 14.8. The van der Waals surface area contributed by atoms with Crippen molar-refractivity contribution in [2.75, 3.05) is 57.2 Å². The number of piperazine rings is 1. The van der Waals surface area contributed by atoms with E-state index in [-0.39, 0.29) is 0 Å². The number of hydrogen-bond acceptors (Lipinski definition) is 10. The van der Waals surface area contributed by atoms with Gasteiger partial charge in [-0.3, -0.25) is 19.5 Å². The highest BCUT2D eigenvalue weighted by Crippen LogP contribution is 2.44. The third-order valence-corrected chi connectivity index (χ3v) is 9.01. The van der Waals surface area contributed by atoms with Crippen LogP contribution >= 0.6 is 18.7 Å². The molecule has 4 aromatic rings. The molecule has 2 fully saturated rings. The summed E-state index contributed by atoms with van der Waals surface area (Å²) in [7, 11) is -0.219. The van der Waals surface area contributed by atoms with Gasteiger partial charge >= 0.3 is 0 Å². The normalized spacial score (nSPS) is 20.4. The van der Waals surface area contributed by atoms with E-state index >= 15 is 0 Å². The minimum Gasteiger partial charge on any atom is -0.339 e. The molecular weight excluding hydrogens is 547 g/mol. The summed E-state index contributed by atoms with van der Waals surface area (Å²) in [5, 5.41) is 11.5. The van der Waals surface area contributed by atoms with E-state index in [1.807, 2.05) is 23.0 Å². The molecule has 1 aliphatic heterocycles. The smallest absolute Gasteiger partial charge is 0.229 e. The monoisotopic (exact) mass is 580 g/mol. The molecule has 3 aromatic heterocycles. The molecule has 1 aromatic carbocycles. The maximum absolute atomic E-state index is 12.8. The average Bonchev–Trinajstić information content (AvgIpc) is 3.34. The van der Waals surface area contributed by atoms with Crippen LogP contribution in [0.2, 0.25) is 5.02 Å². The van der Waals surface area contributed by atoms with Crippen LogP contribution in [0.15, 0.2) is 43.1 Å². The second-order valence-corrected chi connectivity index (χ2v) is 15.1. The third kappa shape index (κ3) is 5.98. The highest BCUT2D eigenvalue weighted by atomic mass is 35.5. The first-order chi connectivity index (χ1) is 19.2. The van der Waals surface area contributed by atoms with Gasteiger partial charge in [-0.15, -0.1) is 0 Å². The van der Waals surface area contributed by atoms with Crippen LogP contribution < -0.4 is 10.6 Å². The van der Waals surface area contributed by atoms with Crippen molar-refractivity contribution >= 4 is 52.9 Å². The van der Waals surface area contributed by atoms with Gasteiger partial charge in [-0.05, 0) is 45.4 Å². The molecule has 0 spiro atoms. The maximum atomic E-state index is 12.8. The van der Waals surface area contributed by atoms with Crippen molar-refractivity contribution < 1.29 is 4.57 Å². The van der Waals surface area contributed by atoms with Crippen LogP contribution in [0.3, 0.4) is 0 Å². The van der Waals surface area contributed by atoms with Gasteiger partial charge in [0.05, 0.1) is 42.3 Å². The fourth-order valence-corrected chi connectivity index (χ4v) is 6.61. The number of rotatable bonds is 8. The Hall–Kier alpha value is -3.11. The predicted molar refractivity (Wildman–Crippen MR) is 160 cm³/mol. The van der Waals surface area contributed by atoms with Crippen molar-refractivity contribution in [3.8, 4) is 0 Å². The molecule has 13 heteroatoms. The number of fused-ring (bicyclic) bond motifs is 1. The minimum atomic E-state index is -2.41. The van der Waals surface area contributed by atoms with Crippen molar-refractivity contribution in [3.05, 3.63) is 53.7 Å². The number of nitrogens with one attached hydrogen (secondary N) is 2. The first kappa shape index (κ1) is 27.1. The number of likely N-dealkylation sites (N-methyl/N-ethyl adjacent to an activating group) is 1. The van der Waals surface area contributed by atoms with E-state index in [0.717, 1.165) is 61.5 Å². The van der Waals surface area contributed by atoms with Crippen molar-refractivity contribution in [1.29, 1.82) is 0 Å². The van der Waals surface area contributed by atoms with Crippen molar-refractivity contribution in [2.24, 2.45) is 0 Å². The zero-order valence-corrected chi connectivity index (χ0v) is 24.6. The van der Waals surface area contributed by atoms with Crippen molar-refractivity contribution in [3.63, 3.8) is 0 Å². The quantitative estimate of drug-likeness (QED) is 0.281. The summed E-state index contributed by atoms with van der Waals surface area (Å²) in [5.41, 5.74) is 3.82. The van der Waals surface area contributed by atoms with Gasteiger partial charge < -0.3 is 20.1 Å². The topological polar surface area (TPSA) is 117 Å². The molecule has 1 saturated carbocycles. The molecule has 11 nitrogen and oxygen atoms in total. The van der Waals surface area contributed by atoms with Crippen LogP contribution in [0, 0.1) is 0 Å². The van der Waals surface area contributed by atoms with Gasteiger partial charge in [-0.1, -0.05) is 11.6 Å². The highest BCUT2D eigenvalue weighted by molar-refractivity contribution is 7.61. The second-order valence-electron chi connectivity index (χ2n) is 11.2. The Kier molecular flexibility index (Phi) is 7.48. The van der Waals surface area contributed by atoms with Gasteiger partial charge in [0.2, 0.25) is 5.95 Å². The number of nitrogens with zero attached hydrogens (tertiary/aromatic N) is 8. The molecule has 0 atom stereocenters. The number of hydrogen-bond donors (Lipinski definition) is 2. The molecular formula is C27H34ClN10OP. The molecule has 6 rings (SSSR count). The standard InChI is InChI=1S/C27H34ClN10OP/c1-36-8-10-37(11-9-36)19-12-20(13-19)38-16-18(14-32-38)33-27-31-15-22(28)26(35-27)34-23-4-5-24-25(30-7-6-29-24)21(23)17-40(2,3)39/h4-7,14-16,19-20H,8-13,17H2,1-3H3,(H2,31,33,34,35). The first-order valence-electron chi connectivity index (χ1n) is 13.5. The van der Waals surface area contributed by atoms with Gasteiger partial charge in [-0.25, -0.2) is 4.98 Å². The highest BCUT2D eigenvalue weighted by Gasteiger charge is 2.36. The molecule has 1 aliphatic carbocycles. The Morgan fingerprint density at radius 3 is 2.55 bits per heavy atom. The Bertz CT molecular complexity index is 1560. The number of anilines is 4. The summed E-state index contributed by atoms with van der Waals surface area (Å²) in [4.78, 5) is 22.9. The Labute approximate surface area is 238 Å². The Morgan fingerprint density at radius 1 is 1.00 bits per heavy atom. The number of halogens is 1. The molecule has 40 heavy (non-hydrogen) atoms. The minimum absolute atomic E-state index is 0.368. The zero-order valence-electron chi connectivity index (χ0n) is 23.0. The van der Waals surface area contributed by atoms with Crippen LogP contribution in [-0.2, 0) is 10.7 Å². The van der Waals surface area contributed by atoms with E-state index in [4.69, 9.17) is 11.6 Å². The maximum Gasteiger partial charge on any atom is 0.229 e. The lowest BCUT2D eigenvalue weighted by Crippen LogP contribution is -2.53. The van der Waals surface area contributed by atoms with Crippen LogP contribution in [0.5, 0.6) is 0 Å². The Morgan fingerprint density at radius 2 is 1.77 bits per heavy atom. The van der Waals surface area contributed by atoms with Gasteiger partial charge in [0, 0.05) is 68.2 Å². The van der Waals surface area contributed by atoms with Crippen LogP contribution in [0.25, 0.3) is 11.0 Å². The summed E-state index contributed by atoms with van der Waals surface area (Å²) >= 11 is 6.49. The molecule has 210 valence electrons. The fraction of sp³-hybridized carbons (Fsp3) is 0.444. The van der Waals surface area contributed by atoms with E-state index in [1.165, 1.54) is 0 Å². The fourth-order valence-electron chi connectivity index (χ4n) is 5.39. The molecule has 1 saturated heterocycles. The SMILES string of the molecule is CN1CCN(C2CC(n3cc(Nc4ncc(Cl)c(Nc5ccc6nccnc6c5CP(C)(C)=O)n4)cn3)C2)CC1. The van der Waals surface area contributed by atoms with Gasteiger partial charge in [0.1, 0.15) is 5.02 Å². The summed E-state index contributed by atoms with van der Waals surface area (Å²) in [6.45, 7) is 8.11. The number of aromatic nitrogens is 6. The van der Waals surface area contributed by atoms with Crippen LogP contribution in [-0.4, -0.2) is 92.1 Å². The Balaban J connectivity index is 1.16. The van der Waals surface area contributed by atoms with Gasteiger partial charge in [0.25, 0.3) is 0 Å². The van der Waals surface area contributed by atoms with E-state index in [1.54, 1.807) is 38.1 Å². The zero-order chi connectivity index (χ0) is 27.9. The van der Waals surface area contributed by atoms with E-state index < -0.39 is 7.14 Å². The van der Waals surface area contributed by atoms with Crippen molar-refractivity contribution in [1.82, 2.24) is 39.5 Å². The largest absolute Gasteiger partial charge is 0.339 e. The lowest BCUT2D eigenvalue weighted by Gasteiger charge is -2.45. The lowest BCUT2D eigenvalue weighted by atomic mass is 9.85. The number of benzene rings is 1. The van der Waals surface area contributed by atoms with Gasteiger partial charge in [-0.2, -0.15) is 10.1 Å². The van der Waals surface area contributed by atoms with Crippen LogP contribution in [0.4, 0.5) is 23.1 Å². The molecule has 0 radical (unpaired) electrons. The summed E-state index contributed by atoms with van der Waals surface area (Å²) in [5.74, 6) is 0.834. The van der Waals surface area contributed by atoms with E-state index in [0.29, 0.717) is 40.6 Å².